The Labute approximate surface area is 136 Å². The number of carbonyl (C=O) groups is 2. The molecule has 0 spiro atoms. The van der Waals surface area contributed by atoms with Crippen molar-refractivity contribution < 1.29 is 9.59 Å². The highest BCUT2D eigenvalue weighted by atomic mass is 32.1. The fraction of sp³-hybridized carbons (Fsp3) is 0.647. The first-order chi connectivity index (χ1) is 10.4. The molecule has 1 unspecified atom stereocenters. The van der Waals surface area contributed by atoms with E-state index < -0.39 is 0 Å². The van der Waals surface area contributed by atoms with Crippen LogP contribution in [0.4, 0.5) is 0 Å². The zero-order valence-corrected chi connectivity index (χ0v) is 14.8. The maximum absolute atomic E-state index is 12.3. The summed E-state index contributed by atoms with van der Waals surface area (Å²) in [5, 5.41) is 3.05. The Bertz CT molecular complexity index is 549. The Morgan fingerprint density at radius 3 is 2.77 bits per heavy atom. The van der Waals surface area contributed by atoms with Crippen LogP contribution in [0.3, 0.4) is 0 Å². The van der Waals surface area contributed by atoms with E-state index in [2.05, 4.69) is 19.2 Å². The maximum Gasteiger partial charge on any atom is 0.263 e. The number of hydrogen-bond acceptors (Lipinski definition) is 3. The third-order valence-corrected chi connectivity index (χ3v) is 5.32. The summed E-state index contributed by atoms with van der Waals surface area (Å²) in [7, 11) is 3.54. The molecule has 22 heavy (non-hydrogen) atoms. The molecule has 0 saturated heterocycles. The van der Waals surface area contributed by atoms with Crippen LogP contribution in [-0.2, 0) is 17.6 Å². The van der Waals surface area contributed by atoms with E-state index in [0.29, 0.717) is 5.92 Å². The lowest BCUT2D eigenvalue weighted by Gasteiger charge is -2.21. The summed E-state index contributed by atoms with van der Waals surface area (Å²) in [5.41, 5.74) is 1.19. The number of thiophene rings is 1. The van der Waals surface area contributed by atoms with Gasteiger partial charge in [-0.2, -0.15) is 0 Å². The molecular formula is C17H26N2O2S. The summed E-state index contributed by atoms with van der Waals surface area (Å²) < 4.78 is 0. The van der Waals surface area contributed by atoms with E-state index >= 15 is 0 Å². The van der Waals surface area contributed by atoms with Gasteiger partial charge in [-0.3, -0.25) is 9.59 Å². The summed E-state index contributed by atoms with van der Waals surface area (Å²) >= 11 is 1.58. The van der Waals surface area contributed by atoms with Gasteiger partial charge in [0.05, 0.1) is 4.88 Å². The predicted molar refractivity (Wildman–Crippen MR) is 90.3 cm³/mol. The third kappa shape index (κ3) is 4.09. The number of fused-ring (bicyclic) bond motifs is 1. The highest BCUT2D eigenvalue weighted by molar-refractivity contribution is 7.14. The van der Waals surface area contributed by atoms with Gasteiger partial charge in [-0.05, 0) is 43.2 Å². The SMILES string of the molecule is CC(C)CCNC(=O)C1CCc2sc(C(=O)N(C)C)cc2C1. The van der Waals surface area contributed by atoms with Crippen molar-refractivity contribution in [3.63, 3.8) is 0 Å². The molecule has 0 radical (unpaired) electrons. The molecule has 122 valence electrons. The minimum Gasteiger partial charge on any atom is -0.356 e. The van der Waals surface area contributed by atoms with Crippen molar-refractivity contribution in [2.24, 2.45) is 11.8 Å². The van der Waals surface area contributed by atoms with Gasteiger partial charge in [0.25, 0.3) is 5.91 Å². The zero-order chi connectivity index (χ0) is 16.3. The molecule has 2 rings (SSSR count). The molecule has 1 aromatic rings. The van der Waals surface area contributed by atoms with Crippen molar-refractivity contribution >= 4 is 23.2 Å². The number of aryl methyl sites for hydroxylation is 1. The van der Waals surface area contributed by atoms with Gasteiger partial charge in [0.15, 0.2) is 0 Å². The standard InChI is InChI=1S/C17H26N2O2S/c1-11(2)7-8-18-16(20)12-5-6-14-13(9-12)10-15(22-14)17(21)19(3)4/h10-12H,5-9H2,1-4H3,(H,18,20). The molecule has 1 aliphatic rings. The smallest absolute Gasteiger partial charge is 0.263 e. The number of carbonyl (C=O) groups excluding carboxylic acids is 2. The van der Waals surface area contributed by atoms with Gasteiger partial charge in [-0.25, -0.2) is 0 Å². The summed E-state index contributed by atoms with van der Waals surface area (Å²) in [6.07, 6.45) is 3.57. The second-order valence-corrected chi connectivity index (χ2v) is 7.81. The summed E-state index contributed by atoms with van der Waals surface area (Å²) in [6.45, 7) is 5.08. The quantitative estimate of drug-likeness (QED) is 0.906. The summed E-state index contributed by atoms with van der Waals surface area (Å²) in [4.78, 5) is 28.0. The van der Waals surface area contributed by atoms with Crippen LogP contribution in [0.15, 0.2) is 6.07 Å². The van der Waals surface area contributed by atoms with Crippen LogP contribution >= 0.6 is 11.3 Å². The van der Waals surface area contributed by atoms with Crippen molar-refractivity contribution in [3.8, 4) is 0 Å². The van der Waals surface area contributed by atoms with Crippen molar-refractivity contribution in [1.29, 1.82) is 0 Å². The van der Waals surface area contributed by atoms with Crippen LogP contribution < -0.4 is 5.32 Å². The topological polar surface area (TPSA) is 49.4 Å². The van der Waals surface area contributed by atoms with Gasteiger partial charge in [0, 0.05) is 31.4 Å². The molecular weight excluding hydrogens is 296 g/mol. The first kappa shape index (κ1) is 17.0. The molecule has 1 heterocycles. The predicted octanol–water partition coefficient (Wildman–Crippen LogP) is 2.72. The van der Waals surface area contributed by atoms with Crippen molar-refractivity contribution in [3.05, 3.63) is 21.4 Å². The van der Waals surface area contributed by atoms with Crippen LogP contribution in [0.2, 0.25) is 0 Å². The molecule has 0 aliphatic heterocycles. The molecule has 1 atom stereocenters. The average molecular weight is 322 g/mol. The average Bonchev–Trinajstić information content (AvgIpc) is 2.88. The lowest BCUT2D eigenvalue weighted by molar-refractivity contribution is -0.125. The van der Waals surface area contributed by atoms with E-state index in [1.165, 1.54) is 10.4 Å². The van der Waals surface area contributed by atoms with Crippen LogP contribution in [0.25, 0.3) is 0 Å². The van der Waals surface area contributed by atoms with E-state index in [9.17, 15) is 9.59 Å². The van der Waals surface area contributed by atoms with Gasteiger partial charge >= 0.3 is 0 Å². The highest BCUT2D eigenvalue weighted by Gasteiger charge is 2.27. The van der Waals surface area contributed by atoms with Crippen LogP contribution in [0, 0.1) is 11.8 Å². The van der Waals surface area contributed by atoms with E-state index in [0.717, 1.165) is 37.1 Å². The molecule has 1 aromatic heterocycles. The second kappa shape index (κ2) is 7.27. The fourth-order valence-electron chi connectivity index (χ4n) is 2.70. The number of nitrogens with zero attached hydrogens (tertiary/aromatic N) is 1. The fourth-order valence-corrected chi connectivity index (χ4v) is 3.93. The van der Waals surface area contributed by atoms with Gasteiger partial charge in [-0.15, -0.1) is 11.3 Å². The Morgan fingerprint density at radius 2 is 2.14 bits per heavy atom. The Morgan fingerprint density at radius 1 is 1.41 bits per heavy atom. The lowest BCUT2D eigenvalue weighted by atomic mass is 9.87. The number of nitrogens with one attached hydrogen (secondary N) is 1. The molecule has 0 saturated carbocycles. The third-order valence-electron chi connectivity index (χ3n) is 4.09. The first-order valence-electron chi connectivity index (χ1n) is 7.99. The van der Waals surface area contributed by atoms with Crippen molar-refractivity contribution in [1.82, 2.24) is 10.2 Å². The molecule has 0 aromatic carbocycles. The Balaban J connectivity index is 1.96. The lowest BCUT2D eigenvalue weighted by Crippen LogP contribution is -2.34. The molecule has 0 bridgehead atoms. The minimum absolute atomic E-state index is 0.0524. The number of hydrogen-bond donors (Lipinski definition) is 1. The zero-order valence-electron chi connectivity index (χ0n) is 13.9. The normalized spacial score (nSPS) is 17.2. The first-order valence-corrected chi connectivity index (χ1v) is 8.81. The summed E-state index contributed by atoms with van der Waals surface area (Å²) in [5.74, 6) is 0.877. The van der Waals surface area contributed by atoms with E-state index in [4.69, 9.17) is 0 Å². The van der Waals surface area contributed by atoms with Gasteiger partial charge in [0.2, 0.25) is 5.91 Å². The highest BCUT2D eigenvalue weighted by Crippen LogP contribution is 2.32. The van der Waals surface area contributed by atoms with E-state index in [1.54, 1.807) is 30.3 Å². The van der Waals surface area contributed by atoms with Crippen molar-refractivity contribution in [2.75, 3.05) is 20.6 Å². The summed E-state index contributed by atoms with van der Waals surface area (Å²) in [6, 6.07) is 1.98. The molecule has 4 nitrogen and oxygen atoms in total. The molecule has 0 fully saturated rings. The van der Waals surface area contributed by atoms with E-state index in [-0.39, 0.29) is 17.7 Å². The van der Waals surface area contributed by atoms with Crippen LogP contribution in [0.1, 0.15) is 46.8 Å². The monoisotopic (exact) mass is 322 g/mol. The Kier molecular flexibility index (Phi) is 5.62. The van der Waals surface area contributed by atoms with E-state index in [1.807, 2.05) is 6.07 Å². The molecule has 5 heteroatoms. The minimum atomic E-state index is 0.0524. The second-order valence-electron chi connectivity index (χ2n) is 6.67. The van der Waals surface area contributed by atoms with Gasteiger partial charge in [0.1, 0.15) is 0 Å². The van der Waals surface area contributed by atoms with Crippen molar-refractivity contribution in [2.45, 2.75) is 39.5 Å². The molecule has 2 amide bonds. The molecule has 1 N–H and O–H groups in total. The van der Waals surface area contributed by atoms with Crippen LogP contribution in [-0.4, -0.2) is 37.4 Å². The number of amides is 2. The number of rotatable bonds is 5. The Hall–Kier alpha value is -1.36. The van der Waals surface area contributed by atoms with Gasteiger partial charge in [-0.1, -0.05) is 13.8 Å². The van der Waals surface area contributed by atoms with Gasteiger partial charge < -0.3 is 10.2 Å². The maximum atomic E-state index is 12.3. The largest absolute Gasteiger partial charge is 0.356 e. The molecule has 1 aliphatic carbocycles. The van der Waals surface area contributed by atoms with Crippen LogP contribution in [0.5, 0.6) is 0 Å².